The van der Waals surface area contributed by atoms with E-state index in [0.29, 0.717) is 29.7 Å². The van der Waals surface area contributed by atoms with E-state index in [-0.39, 0.29) is 5.91 Å². The highest BCUT2D eigenvalue weighted by Gasteiger charge is 2.09. The third-order valence-electron chi connectivity index (χ3n) is 4.95. The number of hydrogen-bond donors (Lipinski definition) is 1. The number of carbonyl (C=O) groups is 1. The lowest BCUT2D eigenvalue weighted by atomic mass is 10.1. The molecule has 1 N–H and O–H groups in total. The fraction of sp³-hybridized carbons (Fsp3) is 0.200. The number of nitrogens with zero attached hydrogens (tertiary/aromatic N) is 4. The van der Waals surface area contributed by atoms with Gasteiger partial charge in [-0.25, -0.2) is 9.97 Å². The van der Waals surface area contributed by atoms with Crippen molar-refractivity contribution in [2.75, 3.05) is 5.32 Å². The van der Waals surface area contributed by atoms with Crippen LogP contribution in [-0.4, -0.2) is 25.4 Å². The van der Waals surface area contributed by atoms with Gasteiger partial charge in [0.25, 0.3) is 0 Å². The predicted molar refractivity (Wildman–Crippen MR) is 123 cm³/mol. The molecule has 0 spiro atoms. The Hall–Kier alpha value is -4.00. The first-order valence-corrected chi connectivity index (χ1v) is 10.5. The maximum absolute atomic E-state index is 12.2. The summed E-state index contributed by atoms with van der Waals surface area (Å²) in [7, 11) is 0. The molecule has 0 unspecified atom stereocenters. The van der Waals surface area contributed by atoms with E-state index >= 15 is 0 Å². The molecule has 0 saturated carbocycles. The van der Waals surface area contributed by atoms with E-state index in [1.807, 2.05) is 54.9 Å². The Kier molecular flexibility index (Phi) is 6.55. The predicted octanol–water partition coefficient (Wildman–Crippen LogP) is 5.03. The number of aryl methyl sites for hydroxylation is 3. The summed E-state index contributed by atoms with van der Waals surface area (Å²) in [6.45, 7) is 3.73. The second kappa shape index (κ2) is 9.87. The molecule has 2 aromatic carbocycles. The number of imidazole rings is 1. The lowest BCUT2D eigenvalue weighted by Crippen LogP contribution is -2.11. The average molecular weight is 428 g/mol. The maximum atomic E-state index is 12.2. The van der Waals surface area contributed by atoms with Gasteiger partial charge in [-0.05, 0) is 56.5 Å². The Morgan fingerprint density at radius 3 is 2.53 bits per heavy atom. The molecule has 2 aromatic heterocycles. The van der Waals surface area contributed by atoms with Crippen LogP contribution in [0.3, 0.4) is 0 Å². The number of benzene rings is 2. The summed E-state index contributed by atoms with van der Waals surface area (Å²) in [5.74, 6) is 3.20. The standard InChI is InChI=1S/C25H25N5O2/c1-18-27-23(30-16-15-26-19(30)2)17-25(28-18)32-22-13-11-21(12-14-22)29-24(31)10-6-9-20-7-4-3-5-8-20/h3-5,7-8,11-17H,6,9-10H2,1-2H3,(H,29,31). The van der Waals surface area contributed by atoms with Gasteiger partial charge in [-0.15, -0.1) is 0 Å². The van der Waals surface area contributed by atoms with Gasteiger partial charge in [-0.2, -0.15) is 4.98 Å². The second-order valence-corrected chi connectivity index (χ2v) is 7.47. The number of amides is 1. The van der Waals surface area contributed by atoms with Crippen molar-refractivity contribution >= 4 is 11.6 Å². The van der Waals surface area contributed by atoms with E-state index in [2.05, 4.69) is 32.4 Å². The molecule has 0 saturated heterocycles. The van der Waals surface area contributed by atoms with Crippen molar-refractivity contribution < 1.29 is 9.53 Å². The number of rotatable bonds is 8. The average Bonchev–Trinajstić information content (AvgIpc) is 3.21. The van der Waals surface area contributed by atoms with E-state index in [1.54, 1.807) is 24.4 Å². The number of ether oxygens (including phenoxy) is 1. The molecule has 7 heteroatoms. The molecular weight excluding hydrogens is 402 g/mol. The van der Waals surface area contributed by atoms with Crippen LogP contribution in [0.15, 0.2) is 73.1 Å². The number of nitrogens with one attached hydrogen (secondary N) is 1. The Labute approximate surface area is 187 Å². The zero-order valence-corrected chi connectivity index (χ0v) is 18.2. The number of aromatic nitrogens is 4. The van der Waals surface area contributed by atoms with Crippen molar-refractivity contribution in [2.24, 2.45) is 0 Å². The van der Waals surface area contributed by atoms with E-state index in [9.17, 15) is 4.79 Å². The lowest BCUT2D eigenvalue weighted by Gasteiger charge is -2.10. The third kappa shape index (κ3) is 5.57. The molecule has 1 amide bonds. The first kappa shape index (κ1) is 21.2. The van der Waals surface area contributed by atoms with Crippen molar-refractivity contribution in [3.05, 3.63) is 90.3 Å². The molecular formula is C25H25N5O2. The van der Waals surface area contributed by atoms with Gasteiger partial charge in [0.05, 0.1) is 0 Å². The maximum Gasteiger partial charge on any atom is 0.224 e. The van der Waals surface area contributed by atoms with Crippen molar-refractivity contribution in [3.8, 4) is 17.4 Å². The minimum absolute atomic E-state index is 0.00127. The Morgan fingerprint density at radius 1 is 1.03 bits per heavy atom. The molecule has 0 aliphatic rings. The summed E-state index contributed by atoms with van der Waals surface area (Å²) >= 11 is 0. The highest BCUT2D eigenvalue weighted by molar-refractivity contribution is 5.90. The van der Waals surface area contributed by atoms with Gasteiger partial charge in [0.15, 0.2) is 0 Å². The number of anilines is 1. The van der Waals surface area contributed by atoms with Crippen LogP contribution < -0.4 is 10.1 Å². The van der Waals surface area contributed by atoms with Gasteiger partial charge in [0.2, 0.25) is 11.8 Å². The molecule has 7 nitrogen and oxygen atoms in total. The van der Waals surface area contributed by atoms with Crippen LogP contribution in [0.5, 0.6) is 11.6 Å². The quantitative estimate of drug-likeness (QED) is 0.426. The monoisotopic (exact) mass is 427 g/mol. The van der Waals surface area contributed by atoms with Gasteiger partial charge in [-0.1, -0.05) is 30.3 Å². The molecule has 4 aromatic rings. The van der Waals surface area contributed by atoms with Gasteiger partial charge in [-0.3, -0.25) is 9.36 Å². The Morgan fingerprint density at radius 2 is 1.81 bits per heavy atom. The van der Waals surface area contributed by atoms with Crippen LogP contribution in [0.25, 0.3) is 5.82 Å². The topological polar surface area (TPSA) is 81.9 Å². The van der Waals surface area contributed by atoms with Gasteiger partial charge in [0.1, 0.15) is 23.2 Å². The van der Waals surface area contributed by atoms with E-state index in [1.165, 1.54) is 5.56 Å². The van der Waals surface area contributed by atoms with E-state index in [0.717, 1.165) is 24.4 Å². The van der Waals surface area contributed by atoms with Crippen LogP contribution in [0.1, 0.15) is 30.1 Å². The highest BCUT2D eigenvalue weighted by atomic mass is 16.5. The third-order valence-corrected chi connectivity index (χ3v) is 4.95. The molecule has 0 aliphatic carbocycles. The minimum Gasteiger partial charge on any atom is -0.439 e. The highest BCUT2D eigenvalue weighted by Crippen LogP contribution is 2.23. The molecule has 0 atom stereocenters. The first-order valence-electron chi connectivity index (χ1n) is 10.5. The molecule has 4 rings (SSSR count). The van der Waals surface area contributed by atoms with Gasteiger partial charge < -0.3 is 10.1 Å². The molecule has 0 bridgehead atoms. The summed E-state index contributed by atoms with van der Waals surface area (Å²) in [5.41, 5.74) is 1.98. The summed E-state index contributed by atoms with van der Waals surface area (Å²) in [4.78, 5) is 25.3. The summed E-state index contributed by atoms with van der Waals surface area (Å²) < 4.78 is 7.79. The van der Waals surface area contributed by atoms with Crippen LogP contribution in [0.4, 0.5) is 5.69 Å². The van der Waals surface area contributed by atoms with Crippen molar-refractivity contribution in [2.45, 2.75) is 33.1 Å². The largest absolute Gasteiger partial charge is 0.439 e. The zero-order chi connectivity index (χ0) is 22.3. The smallest absolute Gasteiger partial charge is 0.224 e. The van der Waals surface area contributed by atoms with E-state index < -0.39 is 0 Å². The lowest BCUT2D eigenvalue weighted by molar-refractivity contribution is -0.116. The molecule has 0 radical (unpaired) electrons. The Bertz CT molecular complexity index is 1190. The Balaban J connectivity index is 1.33. The minimum atomic E-state index is 0.00127. The normalized spacial score (nSPS) is 10.7. The van der Waals surface area contributed by atoms with Crippen LogP contribution in [0, 0.1) is 13.8 Å². The fourth-order valence-electron chi connectivity index (χ4n) is 3.37. The molecule has 162 valence electrons. The number of carbonyl (C=O) groups excluding carboxylic acids is 1. The van der Waals surface area contributed by atoms with Crippen molar-refractivity contribution in [1.82, 2.24) is 19.5 Å². The molecule has 0 aliphatic heterocycles. The van der Waals surface area contributed by atoms with Gasteiger partial charge in [0, 0.05) is 30.6 Å². The molecule has 2 heterocycles. The van der Waals surface area contributed by atoms with Crippen LogP contribution >= 0.6 is 0 Å². The summed E-state index contributed by atoms with van der Waals surface area (Å²) in [5, 5.41) is 2.93. The second-order valence-electron chi connectivity index (χ2n) is 7.47. The zero-order valence-electron chi connectivity index (χ0n) is 18.2. The fourth-order valence-corrected chi connectivity index (χ4v) is 3.37. The first-order chi connectivity index (χ1) is 15.6. The summed E-state index contributed by atoms with van der Waals surface area (Å²) in [6, 6.07) is 19.2. The molecule has 32 heavy (non-hydrogen) atoms. The molecule has 0 fully saturated rings. The van der Waals surface area contributed by atoms with E-state index in [4.69, 9.17) is 4.74 Å². The van der Waals surface area contributed by atoms with Crippen LogP contribution in [-0.2, 0) is 11.2 Å². The number of hydrogen-bond acceptors (Lipinski definition) is 5. The van der Waals surface area contributed by atoms with Crippen molar-refractivity contribution in [3.63, 3.8) is 0 Å². The SMILES string of the molecule is Cc1nc(Oc2ccc(NC(=O)CCCc3ccccc3)cc2)cc(-n2ccnc2C)n1. The van der Waals surface area contributed by atoms with Crippen LogP contribution in [0.2, 0.25) is 0 Å². The van der Waals surface area contributed by atoms with Gasteiger partial charge >= 0.3 is 0 Å². The summed E-state index contributed by atoms with van der Waals surface area (Å²) in [6.07, 6.45) is 5.74. The van der Waals surface area contributed by atoms with Crippen molar-refractivity contribution in [1.29, 1.82) is 0 Å².